The van der Waals surface area contributed by atoms with Gasteiger partial charge >= 0.3 is 0 Å². The van der Waals surface area contributed by atoms with Crippen LogP contribution < -0.4 is 5.32 Å². The third-order valence-electron chi connectivity index (χ3n) is 5.27. The third kappa shape index (κ3) is 4.16. The molecule has 2 N–H and O–H groups in total. The molecule has 0 bridgehead atoms. The lowest BCUT2D eigenvalue weighted by Crippen LogP contribution is -2.39. The number of hydrogen-bond donors (Lipinski definition) is 2. The molecule has 0 unspecified atom stereocenters. The number of nitrogens with one attached hydrogen (secondary N) is 2. The molecule has 2 aromatic carbocycles. The molecule has 0 atom stereocenters. The van der Waals surface area contributed by atoms with Gasteiger partial charge in [-0.3, -0.25) is 9.69 Å². The van der Waals surface area contributed by atoms with Gasteiger partial charge in [0.05, 0.1) is 11.2 Å². The Morgan fingerprint density at radius 1 is 1.03 bits per heavy atom. The summed E-state index contributed by atoms with van der Waals surface area (Å²) in [6.07, 6.45) is 0.868. The van der Waals surface area contributed by atoms with Gasteiger partial charge in [0.15, 0.2) is 11.6 Å². The zero-order valence-electron chi connectivity index (χ0n) is 15.7. The average Bonchev–Trinajstić information content (AvgIpc) is 3.06. The van der Waals surface area contributed by atoms with Crippen LogP contribution in [0.2, 0.25) is 0 Å². The van der Waals surface area contributed by atoms with E-state index in [1.807, 2.05) is 0 Å². The van der Waals surface area contributed by atoms with E-state index in [1.165, 1.54) is 18.3 Å². The lowest BCUT2D eigenvalue weighted by molar-refractivity contribution is -0.0567. The van der Waals surface area contributed by atoms with Crippen LogP contribution in [0.5, 0.6) is 0 Å². The van der Waals surface area contributed by atoms with Gasteiger partial charge < -0.3 is 10.3 Å². The fourth-order valence-corrected chi connectivity index (χ4v) is 3.51. The maximum atomic E-state index is 14.5. The minimum atomic E-state index is -2.67. The second-order valence-corrected chi connectivity index (χ2v) is 7.41. The van der Waals surface area contributed by atoms with Crippen LogP contribution in [0, 0.1) is 17.5 Å². The molecule has 1 aromatic heterocycles. The Morgan fingerprint density at radius 3 is 2.43 bits per heavy atom. The zero-order chi connectivity index (χ0) is 21.5. The van der Waals surface area contributed by atoms with E-state index >= 15 is 0 Å². The lowest BCUT2D eigenvalue weighted by Gasteiger charge is -2.31. The van der Waals surface area contributed by atoms with Crippen LogP contribution in [0.4, 0.5) is 27.6 Å². The molecule has 4 rings (SSSR count). The normalized spacial score (nSPS) is 16.7. The summed E-state index contributed by atoms with van der Waals surface area (Å²) in [5.41, 5.74) is 0.880. The Kier molecular flexibility index (Phi) is 5.23. The number of amides is 1. The first kappa shape index (κ1) is 20.3. The number of alkyl halides is 2. The summed E-state index contributed by atoms with van der Waals surface area (Å²) in [6, 6.07) is 5.88. The summed E-state index contributed by atoms with van der Waals surface area (Å²) in [5.74, 6) is -5.98. The van der Waals surface area contributed by atoms with Crippen molar-refractivity contribution in [3.8, 4) is 0 Å². The lowest BCUT2D eigenvalue weighted by atomic mass is 10.0. The molecule has 0 spiro atoms. The molecule has 1 fully saturated rings. The van der Waals surface area contributed by atoms with Crippen LogP contribution in [0.15, 0.2) is 36.5 Å². The Morgan fingerprint density at radius 2 is 1.73 bits per heavy atom. The molecule has 158 valence electrons. The number of hydrogen-bond acceptors (Lipinski definition) is 2. The van der Waals surface area contributed by atoms with Gasteiger partial charge in [-0.25, -0.2) is 22.0 Å². The Bertz CT molecular complexity index is 1100. The van der Waals surface area contributed by atoms with Gasteiger partial charge in [0.25, 0.3) is 11.8 Å². The molecule has 4 nitrogen and oxygen atoms in total. The molecular weight excluding hydrogens is 405 g/mol. The van der Waals surface area contributed by atoms with E-state index in [1.54, 1.807) is 4.90 Å². The average molecular weight is 423 g/mol. The van der Waals surface area contributed by atoms with Gasteiger partial charge in [0.1, 0.15) is 5.82 Å². The van der Waals surface area contributed by atoms with E-state index < -0.39 is 29.3 Å². The molecule has 0 radical (unpaired) electrons. The first-order valence-electron chi connectivity index (χ1n) is 9.38. The van der Waals surface area contributed by atoms with Crippen molar-refractivity contribution in [2.24, 2.45) is 0 Å². The highest BCUT2D eigenvalue weighted by atomic mass is 19.3. The number of fused-ring (bicyclic) bond motifs is 1. The number of likely N-dealkylation sites (tertiary alicyclic amines) is 1. The smallest absolute Gasteiger partial charge is 0.255 e. The summed E-state index contributed by atoms with van der Waals surface area (Å²) in [7, 11) is 0. The van der Waals surface area contributed by atoms with Crippen LogP contribution in [0.3, 0.4) is 0 Å². The molecule has 0 saturated carbocycles. The maximum absolute atomic E-state index is 14.5. The number of aromatic amines is 1. The van der Waals surface area contributed by atoms with E-state index in [9.17, 15) is 26.7 Å². The van der Waals surface area contributed by atoms with Crippen molar-refractivity contribution in [1.29, 1.82) is 0 Å². The monoisotopic (exact) mass is 423 g/mol. The number of aromatic nitrogens is 1. The van der Waals surface area contributed by atoms with E-state index in [0.717, 1.165) is 18.2 Å². The number of nitrogens with zero attached hydrogens (tertiary/aromatic N) is 1. The van der Waals surface area contributed by atoms with Gasteiger partial charge in [-0.2, -0.15) is 0 Å². The highest BCUT2D eigenvalue weighted by molar-refractivity contribution is 6.09. The van der Waals surface area contributed by atoms with Crippen molar-refractivity contribution in [3.63, 3.8) is 0 Å². The predicted molar refractivity (Wildman–Crippen MR) is 102 cm³/mol. The fraction of sp³-hybridized carbons (Fsp3) is 0.286. The molecular formula is C21H18F5N3O. The summed E-state index contributed by atoms with van der Waals surface area (Å²) < 4.78 is 67.8. The van der Waals surface area contributed by atoms with Crippen LogP contribution >= 0.6 is 0 Å². The summed E-state index contributed by atoms with van der Waals surface area (Å²) in [6.45, 7) is 0.524. The third-order valence-corrected chi connectivity index (χ3v) is 5.27. The Labute approximate surface area is 168 Å². The van der Waals surface area contributed by atoms with Crippen LogP contribution in [-0.2, 0) is 6.54 Å². The van der Waals surface area contributed by atoms with Gasteiger partial charge in [-0.15, -0.1) is 0 Å². The van der Waals surface area contributed by atoms with E-state index in [4.69, 9.17) is 0 Å². The quantitative estimate of drug-likeness (QED) is 0.576. The molecule has 1 saturated heterocycles. The molecule has 2 heterocycles. The first-order valence-corrected chi connectivity index (χ1v) is 9.38. The Balaban J connectivity index is 1.46. The first-order chi connectivity index (χ1) is 14.2. The number of carbonyl (C=O) groups excluding carboxylic acids is 1. The molecule has 9 heteroatoms. The van der Waals surface area contributed by atoms with Crippen LogP contribution in [-0.4, -0.2) is 34.8 Å². The second-order valence-electron chi connectivity index (χ2n) is 7.41. The van der Waals surface area contributed by atoms with Crippen molar-refractivity contribution in [1.82, 2.24) is 9.88 Å². The number of H-pyrrole nitrogens is 1. The minimum absolute atomic E-state index is 0.0401. The van der Waals surface area contributed by atoms with E-state index in [-0.39, 0.29) is 49.1 Å². The van der Waals surface area contributed by atoms with Gasteiger partial charge in [-0.1, -0.05) is 6.07 Å². The summed E-state index contributed by atoms with van der Waals surface area (Å²) >= 11 is 0. The highest BCUT2D eigenvalue weighted by Gasteiger charge is 2.34. The number of piperidine rings is 1. The van der Waals surface area contributed by atoms with Crippen LogP contribution in [0.1, 0.15) is 28.8 Å². The van der Waals surface area contributed by atoms with Gasteiger partial charge in [0.2, 0.25) is 0 Å². The standard InChI is InChI=1S/C21H18F5N3O/c22-15-7-12(1-2-13(15)11-29-5-3-21(25,26)4-6-29)20(30)28-19-10-27-18-9-17(24)16(23)8-14(18)19/h1-2,7-10,27H,3-6,11H2,(H,28,30). The summed E-state index contributed by atoms with van der Waals surface area (Å²) in [5, 5.41) is 2.82. The molecule has 0 aliphatic carbocycles. The van der Waals surface area contributed by atoms with Crippen molar-refractivity contribution < 1.29 is 26.7 Å². The van der Waals surface area contributed by atoms with Gasteiger partial charge in [0, 0.05) is 61.3 Å². The van der Waals surface area contributed by atoms with Crippen molar-refractivity contribution in [3.05, 3.63) is 65.1 Å². The molecule has 1 aliphatic rings. The van der Waals surface area contributed by atoms with Gasteiger partial charge in [-0.05, 0) is 18.2 Å². The number of anilines is 1. The van der Waals surface area contributed by atoms with E-state index in [0.29, 0.717) is 11.1 Å². The largest absolute Gasteiger partial charge is 0.359 e. The van der Waals surface area contributed by atoms with E-state index in [2.05, 4.69) is 10.3 Å². The van der Waals surface area contributed by atoms with Crippen molar-refractivity contribution in [2.45, 2.75) is 25.3 Å². The molecule has 3 aromatic rings. The maximum Gasteiger partial charge on any atom is 0.255 e. The topological polar surface area (TPSA) is 48.1 Å². The zero-order valence-corrected chi connectivity index (χ0v) is 15.7. The number of halogens is 5. The minimum Gasteiger partial charge on any atom is -0.359 e. The number of rotatable bonds is 4. The van der Waals surface area contributed by atoms with Crippen LogP contribution in [0.25, 0.3) is 10.9 Å². The number of carbonyl (C=O) groups is 1. The highest BCUT2D eigenvalue weighted by Crippen LogP contribution is 2.29. The predicted octanol–water partition coefficient (Wildman–Crippen LogP) is 5.07. The SMILES string of the molecule is O=C(Nc1c[nH]c2cc(F)c(F)cc12)c1ccc(CN2CCC(F)(F)CC2)c(F)c1. The molecule has 30 heavy (non-hydrogen) atoms. The molecule has 1 aliphatic heterocycles. The molecule has 1 amide bonds. The second kappa shape index (κ2) is 7.71. The summed E-state index contributed by atoms with van der Waals surface area (Å²) in [4.78, 5) is 17.0. The number of benzene rings is 2. The fourth-order valence-electron chi connectivity index (χ4n) is 3.51. The Hall–Kier alpha value is -2.94. The van der Waals surface area contributed by atoms with Crippen molar-refractivity contribution >= 4 is 22.5 Å². The van der Waals surface area contributed by atoms with Crippen molar-refractivity contribution in [2.75, 3.05) is 18.4 Å².